The van der Waals surface area contributed by atoms with Gasteiger partial charge in [0.1, 0.15) is 0 Å². The fourth-order valence-corrected chi connectivity index (χ4v) is 2.90. The number of ether oxygens (including phenoxy) is 3. The summed E-state index contributed by atoms with van der Waals surface area (Å²) in [6.07, 6.45) is 0.754. The molecule has 0 aliphatic rings. The molecule has 0 saturated carbocycles. The number of halogens is 1. The van der Waals surface area contributed by atoms with Crippen LogP contribution in [0.5, 0.6) is 17.2 Å². The van der Waals surface area contributed by atoms with Crippen LogP contribution in [0.25, 0.3) is 0 Å². The maximum atomic E-state index is 5.54. The average molecular weight is 499 g/mol. The number of aliphatic imine (C=N–C) groups is 1. The standard InChI is InChI=1S/C21H29N3O3.HI/c1-15(16-9-7-6-8-10-16)24-21(22-2)23-14-13-17-11-12-18(25-3)20(27-5)19(17)26-4;/h6-12,15H,13-14H2,1-5H3,(H2,22,23,24);1H. The first kappa shape index (κ1) is 23.9. The lowest BCUT2D eigenvalue weighted by atomic mass is 10.1. The molecule has 154 valence electrons. The van der Waals surface area contributed by atoms with Crippen molar-refractivity contribution < 1.29 is 14.2 Å². The summed E-state index contributed by atoms with van der Waals surface area (Å²) in [7, 11) is 6.63. The second-order valence-corrected chi connectivity index (χ2v) is 6.02. The van der Waals surface area contributed by atoms with Crippen molar-refractivity contribution in [2.45, 2.75) is 19.4 Å². The fraction of sp³-hybridized carbons (Fsp3) is 0.381. The van der Waals surface area contributed by atoms with E-state index in [1.165, 1.54) is 5.56 Å². The molecule has 0 amide bonds. The molecule has 0 aromatic heterocycles. The van der Waals surface area contributed by atoms with Gasteiger partial charge in [-0.05, 0) is 25.0 Å². The second kappa shape index (κ2) is 12.3. The van der Waals surface area contributed by atoms with Crippen LogP contribution in [0.3, 0.4) is 0 Å². The summed E-state index contributed by atoms with van der Waals surface area (Å²) in [5, 5.41) is 6.75. The molecule has 6 nitrogen and oxygen atoms in total. The van der Waals surface area contributed by atoms with Crippen molar-refractivity contribution in [2.75, 3.05) is 34.9 Å². The van der Waals surface area contributed by atoms with E-state index in [1.54, 1.807) is 28.4 Å². The van der Waals surface area contributed by atoms with Crippen LogP contribution in [0, 0.1) is 0 Å². The highest BCUT2D eigenvalue weighted by atomic mass is 127. The van der Waals surface area contributed by atoms with Crippen molar-refractivity contribution in [3.63, 3.8) is 0 Å². The number of hydrogen-bond acceptors (Lipinski definition) is 4. The monoisotopic (exact) mass is 499 g/mol. The molecular weight excluding hydrogens is 469 g/mol. The SMILES string of the molecule is CN=C(NCCc1ccc(OC)c(OC)c1OC)NC(C)c1ccccc1.I. The second-order valence-electron chi connectivity index (χ2n) is 6.02. The minimum Gasteiger partial charge on any atom is -0.493 e. The van der Waals surface area contributed by atoms with E-state index >= 15 is 0 Å². The lowest BCUT2D eigenvalue weighted by Gasteiger charge is -2.19. The number of hydrogen-bond donors (Lipinski definition) is 2. The van der Waals surface area contributed by atoms with Crippen molar-refractivity contribution in [2.24, 2.45) is 4.99 Å². The molecular formula is C21H30IN3O3. The van der Waals surface area contributed by atoms with Crippen LogP contribution in [0.2, 0.25) is 0 Å². The molecule has 0 fully saturated rings. The Morgan fingerprint density at radius 2 is 1.64 bits per heavy atom. The number of methoxy groups -OCH3 is 3. The van der Waals surface area contributed by atoms with Gasteiger partial charge in [-0.1, -0.05) is 36.4 Å². The minimum absolute atomic E-state index is 0. The molecule has 0 aliphatic carbocycles. The highest BCUT2D eigenvalue weighted by Gasteiger charge is 2.15. The van der Waals surface area contributed by atoms with E-state index in [-0.39, 0.29) is 30.0 Å². The Balaban J connectivity index is 0.00000392. The first-order valence-electron chi connectivity index (χ1n) is 8.94. The zero-order valence-corrected chi connectivity index (χ0v) is 19.4. The quantitative estimate of drug-likeness (QED) is 0.329. The van der Waals surface area contributed by atoms with E-state index in [0.717, 1.165) is 17.9 Å². The average Bonchev–Trinajstić information content (AvgIpc) is 2.72. The van der Waals surface area contributed by atoms with Crippen LogP contribution >= 0.6 is 24.0 Å². The number of nitrogens with one attached hydrogen (secondary N) is 2. The molecule has 1 atom stereocenters. The Labute approximate surface area is 184 Å². The summed E-state index contributed by atoms with van der Waals surface area (Å²) >= 11 is 0. The molecule has 2 N–H and O–H groups in total. The molecule has 0 heterocycles. The van der Waals surface area contributed by atoms with Crippen molar-refractivity contribution >= 4 is 29.9 Å². The Kier molecular flexibility index (Phi) is 10.5. The maximum absolute atomic E-state index is 5.54. The number of rotatable bonds is 8. The van der Waals surface area contributed by atoms with Gasteiger partial charge in [0.15, 0.2) is 17.5 Å². The molecule has 0 spiro atoms. The first-order chi connectivity index (χ1) is 13.1. The third kappa shape index (κ3) is 6.19. The normalized spacial score (nSPS) is 11.8. The predicted octanol–water partition coefficient (Wildman–Crippen LogP) is 3.80. The van der Waals surface area contributed by atoms with Gasteiger partial charge in [-0.15, -0.1) is 24.0 Å². The highest BCUT2D eigenvalue weighted by molar-refractivity contribution is 14.0. The molecule has 0 saturated heterocycles. The van der Waals surface area contributed by atoms with E-state index in [0.29, 0.717) is 23.8 Å². The van der Waals surface area contributed by atoms with Gasteiger partial charge in [-0.25, -0.2) is 0 Å². The third-order valence-electron chi connectivity index (χ3n) is 4.35. The van der Waals surface area contributed by atoms with Gasteiger partial charge in [-0.2, -0.15) is 0 Å². The van der Waals surface area contributed by atoms with Gasteiger partial charge in [0.05, 0.1) is 27.4 Å². The molecule has 1 unspecified atom stereocenters. The van der Waals surface area contributed by atoms with Crippen molar-refractivity contribution in [1.29, 1.82) is 0 Å². The first-order valence-corrected chi connectivity index (χ1v) is 8.94. The van der Waals surface area contributed by atoms with Crippen molar-refractivity contribution in [3.8, 4) is 17.2 Å². The fourth-order valence-electron chi connectivity index (χ4n) is 2.90. The van der Waals surface area contributed by atoms with Gasteiger partial charge in [-0.3, -0.25) is 4.99 Å². The summed E-state index contributed by atoms with van der Waals surface area (Å²) < 4.78 is 16.3. The Hall–Kier alpha value is -2.16. The van der Waals surface area contributed by atoms with Crippen LogP contribution in [-0.4, -0.2) is 40.9 Å². The zero-order valence-electron chi connectivity index (χ0n) is 17.1. The van der Waals surface area contributed by atoms with Gasteiger partial charge in [0.2, 0.25) is 5.75 Å². The summed E-state index contributed by atoms with van der Waals surface area (Å²) in [4.78, 5) is 4.31. The molecule has 28 heavy (non-hydrogen) atoms. The Morgan fingerprint density at radius 1 is 0.964 bits per heavy atom. The molecule has 2 rings (SSSR count). The zero-order chi connectivity index (χ0) is 19.6. The van der Waals surface area contributed by atoms with Crippen LogP contribution in [0.15, 0.2) is 47.5 Å². The van der Waals surface area contributed by atoms with Gasteiger partial charge in [0.25, 0.3) is 0 Å². The summed E-state index contributed by atoms with van der Waals surface area (Å²) in [6, 6.07) is 14.3. The summed E-state index contributed by atoms with van der Waals surface area (Å²) in [5.41, 5.74) is 2.25. The molecule has 2 aromatic carbocycles. The van der Waals surface area contributed by atoms with Crippen molar-refractivity contribution in [3.05, 3.63) is 53.6 Å². The van der Waals surface area contributed by atoms with E-state index in [4.69, 9.17) is 14.2 Å². The van der Waals surface area contributed by atoms with Crippen LogP contribution < -0.4 is 24.8 Å². The van der Waals surface area contributed by atoms with Gasteiger partial charge >= 0.3 is 0 Å². The summed E-state index contributed by atoms with van der Waals surface area (Å²) in [5.74, 6) is 2.71. The number of nitrogens with zero attached hydrogens (tertiary/aromatic N) is 1. The summed E-state index contributed by atoms with van der Waals surface area (Å²) in [6.45, 7) is 2.81. The molecule has 7 heteroatoms. The topological polar surface area (TPSA) is 64.1 Å². The molecule has 0 aliphatic heterocycles. The molecule has 2 aromatic rings. The smallest absolute Gasteiger partial charge is 0.203 e. The molecule has 0 radical (unpaired) electrons. The number of guanidine groups is 1. The third-order valence-corrected chi connectivity index (χ3v) is 4.35. The Morgan fingerprint density at radius 3 is 2.21 bits per heavy atom. The minimum atomic E-state index is 0. The predicted molar refractivity (Wildman–Crippen MR) is 125 cm³/mol. The van der Waals surface area contributed by atoms with Gasteiger partial charge in [0, 0.05) is 19.2 Å². The lowest BCUT2D eigenvalue weighted by molar-refractivity contribution is 0.322. The lowest BCUT2D eigenvalue weighted by Crippen LogP contribution is -2.39. The van der Waals surface area contributed by atoms with E-state index in [9.17, 15) is 0 Å². The number of benzene rings is 2. The van der Waals surface area contributed by atoms with Crippen LogP contribution in [-0.2, 0) is 6.42 Å². The Bertz CT molecular complexity index is 754. The highest BCUT2D eigenvalue weighted by Crippen LogP contribution is 2.39. The van der Waals surface area contributed by atoms with E-state index in [1.807, 2.05) is 30.3 Å². The maximum Gasteiger partial charge on any atom is 0.203 e. The van der Waals surface area contributed by atoms with Crippen molar-refractivity contribution in [1.82, 2.24) is 10.6 Å². The molecule has 0 bridgehead atoms. The van der Waals surface area contributed by atoms with Crippen LogP contribution in [0.4, 0.5) is 0 Å². The van der Waals surface area contributed by atoms with Crippen LogP contribution in [0.1, 0.15) is 24.1 Å². The van der Waals surface area contributed by atoms with E-state index in [2.05, 4.69) is 34.7 Å². The largest absolute Gasteiger partial charge is 0.493 e. The van der Waals surface area contributed by atoms with Gasteiger partial charge < -0.3 is 24.8 Å². The van der Waals surface area contributed by atoms with E-state index < -0.39 is 0 Å².